The van der Waals surface area contributed by atoms with Crippen LogP contribution >= 0.6 is 0 Å². The number of ether oxygens (including phenoxy) is 1. The molecule has 0 aliphatic heterocycles. The molecule has 0 spiro atoms. The summed E-state index contributed by atoms with van der Waals surface area (Å²) in [7, 11) is 0. The van der Waals surface area contributed by atoms with Gasteiger partial charge in [-0.2, -0.15) is 0 Å². The molecule has 25 heavy (non-hydrogen) atoms. The average Bonchev–Trinajstić information content (AvgIpc) is 2.59. The zero-order valence-electron chi connectivity index (χ0n) is 16.1. The van der Waals surface area contributed by atoms with Crippen molar-refractivity contribution >= 4 is 5.97 Å². The molecule has 1 aliphatic rings. The van der Waals surface area contributed by atoms with Gasteiger partial charge in [0.25, 0.3) is 0 Å². The third kappa shape index (κ3) is 6.66. The van der Waals surface area contributed by atoms with Crippen molar-refractivity contribution in [2.45, 2.75) is 65.6 Å². The number of esters is 1. The van der Waals surface area contributed by atoms with Crippen LogP contribution in [0.25, 0.3) is 0 Å². The summed E-state index contributed by atoms with van der Waals surface area (Å²) < 4.78 is 5.80. The lowest BCUT2D eigenvalue weighted by atomic mass is 9.75. The molecule has 0 unspecified atom stereocenters. The molecule has 0 aromatic heterocycles. The fourth-order valence-electron chi connectivity index (χ4n) is 3.60. The Morgan fingerprint density at radius 2 is 1.96 bits per heavy atom. The molecule has 0 saturated heterocycles. The summed E-state index contributed by atoms with van der Waals surface area (Å²) >= 11 is 0. The second-order valence-electron chi connectivity index (χ2n) is 7.82. The number of hydrogen-bond donors (Lipinski definition) is 1. The molecule has 1 N–H and O–H groups in total. The Hall–Kier alpha value is -1.61. The second-order valence-corrected chi connectivity index (χ2v) is 7.82. The van der Waals surface area contributed by atoms with E-state index in [-0.39, 0.29) is 18.1 Å². The third-order valence-electron chi connectivity index (χ3n) is 5.22. The molecule has 2 rings (SSSR count). The molecule has 1 saturated carbocycles. The van der Waals surface area contributed by atoms with E-state index in [0.29, 0.717) is 17.8 Å². The first-order chi connectivity index (χ1) is 12.0. The summed E-state index contributed by atoms with van der Waals surface area (Å²) in [5, 5.41) is 3.40. The Morgan fingerprint density at radius 1 is 1.24 bits per heavy atom. The topological polar surface area (TPSA) is 38.3 Å². The molecular weight excluding hydrogens is 310 g/mol. The molecular formula is C22H33NO2. The van der Waals surface area contributed by atoms with Crippen molar-refractivity contribution in [3.05, 3.63) is 48.0 Å². The minimum atomic E-state index is -0.210. The summed E-state index contributed by atoms with van der Waals surface area (Å²) in [6.07, 6.45) is 6.93. The van der Waals surface area contributed by atoms with Crippen molar-refractivity contribution in [2.24, 2.45) is 17.8 Å². The third-order valence-corrected chi connectivity index (χ3v) is 5.22. The summed E-state index contributed by atoms with van der Waals surface area (Å²) in [6, 6.07) is 10.4. The van der Waals surface area contributed by atoms with Crippen LogP contribution in [0.3, 0.4) is 0 Å². The number of carbonyl (C=O) groups is 1. The first-order valence-corrected chi connectivity index (χ1v) is 9.61. The predicted octanol–water partition coefficient (Wildman–Crippen LogP) is 4.72. The van der Waals surface area contributed by atoms with Crippen LogP contribution < -0.4 is 5.32 Å². The maximum Gasteiger partial charge on any atom is 0.330 e. The van der Waals surface area contributed by atoms with Crippen LogP contribution in [-0.4, -0.2) is 18.1 Å². The van der Waals surface area contributed by atoms with E-state index in [1.54, 1.807) is 6.08 Å². The van der Waals surface area contributed by atoms with Crippen LogP contribution in [0.4, 0.5) is 0 Å². The highest BCUT2D eigenvalue weighted by Crippen LogP contribution is 2.35. The predicted molar refractivity (Wildman–Crippen MR) is 103 cm³/mol. The molecule has 3 nitrogen and oxygen atoms in total. The van der Waals surface area contributed by atoms with Crippen LogP contribution in [0.2, 0.25) is 0 Å². The Balaban J connectivity index is 1.80. The van der Waals surface area contributed by atoms with Gasteiger partial charge in [-0.3, -0.25) is 0 Å². The molecule has 4 atom stereocenters. The lowest BCUT2D eigenvalue weighted by molar-refractivity contribution is -0.149. The van der Waals surface area contributed by atoms with Crippen molar-refractivity contribution in [1.29, 1.82) is 0 Å². The van der Waals surface area contributed by atoms with Gasteiger partial charge in [0.05, 0.1) is 0 Å². The van der Waals surface area contributed by atoms with Crippen molar-refractivity contribution in [3.8, 4) is 0 Å². The highest BCUT2D eigenvalue weighted by Gasteiger charge is 2.32. The lowest BCUT2D eigenvalue weighted by Gasteiger charge is -2.36. The molecule has 1 aliphatic carbocycles. The van der Waals surface area contributed by atoms with Gasteiger partial charge in [0.15, 0.2) is 0 Å². The van der Waals surface area contributed by atoms with Gasteiger partial charge in [0, 0.05) is 18.7 Å². The number of rotatable bonds is 7. The second kappa shape index (κ2) is 9.76. The molecule has 1 aromatic rings. The zero-order chi connectivity index (χ0) is 18.2. The van der Waals surface area contributed by atoms with E-state index in [2.05, 4.69) is 38.2 Å². The van der Waals surface area contributed by atoms with E-state index in [4.69, 9.17) is 4.74 Å². The zero-order valence-corrected chi connectivity index (χ0v) is 16.1. The fraction of sp³-hybridized carbons (Fsp3) is 0.591. The van der Waals surface area contributed by atoms with Crippen molar-refractivity contribution < 1.29 is 9.53 Å². The van der Waals surface area contributed by atoms with E-state index < -0.39 is 0 Å². The largest absolute Gasteiger partial charge is 0.459 e. The molecule has 3 heteroatoms. The van der Waals surface area contributed by atoms with Crippen molar-refractivity contribution in [2.75, 3.05) is 0 Å². The quantitative estimate of drug-likeness (QED) is 0.575. The van der Waals surface area contributed by atoms with Crippen LogP contribution in [-0.2, 0) is 16.1 Å². The van der Waals surface area contributed by atoms with Gasteiger partial charge in [-0.1, -0.05) is 63.6 Å². The molecule has 1 aromatic carbocycles. The van der Waals surface area contributed by atoms with Gasteiger partial charge >= 0.3 is 5.97 Å². The number of nitrogens with one attached hydrogen (secondary N) is 1. The molecule has 0 radical (unpaired) electrons. The number of hydrogen-bond acceptors (Lipinski definition) is 3. The van der Waals surface area contributed by atoms with Gasteiger partial charge < -0.3 is 10.1 Å². The van der Waals surface area contributed by atoms with E-state index >= 15 is 0 Å². The SMILES string of the molecule is CC(C)[C@@H]1CC[C@@H](C)C[C@H]1OC(=O)/C=C/[C@H](C)NCc1ccccc1. The normalized spacial score (nSPS) is 25.2. The summed E-state index contributed by atoms with van der Waals surface area (Å²) in [5.41, 5.74) is 1.24. The van der Waals surface area contributed by atoms with Gasteiger partial charge in [-0.25, -0.2) is 4.79 Å². The van der Waals surface area contributed by atoms with Crippen LogP contribution in [0, 0.1) is 17.8 Å². The first kappa shape index (κ1) is 19.7. The van der Waals surface area contributed by atoms with Crippen LogP contribution in [0.1, 0.15) is 52.5 Å². The van der Waals surface area contributed by atoms with Gasteiger partial charge in [0.1, 0.15) is 6.10 Å². The molecule has 138 valence electrons. The number of benzene rings is 1. The van der Waals surface area contributed by atoms with Crippen molar-refractivity contribution in [1.82, 2.24) is 5.32 Å². The van der Waals surface area contributed by atoms with Gasteiger partial charge in [-0.05, 0) is 43.1 Å². The maximum absolute atomic E-state index is 12.2. The number of carbonyl (C=O) groups excluding carboxylic acids is 1. The van der Waals surface area contributed by atoms with E-state index in [0.717, 1.165) is 19.4 Å². The van der Waals surface area contributed by atoms with Crippen LogP contribution in [0.5, 0.6) is 0 Å². The van der Waals surface area contributed by atoms with Crippen LogP contribution in [0.15, 0.2) is 42.5 Å². The summed E-state index contributed by atoms with van der Waals surface area (Å²) in [4.78, 5) is 12.2. The molecule has 0 heterocycles. The monoisotopic (exact) mass is 343 g/mol. The Bertz CT molecular complexity index is 552. The Kier molecular flexibility index (Phi) is 7.70. The van der Waals surface area contributed by atoms with Gasteiger partial charge in [0.2, 0.25) is 0 Å². The smallest absolute Gasteiger partial charge is 0.330 e. The van der Waals surface area contributed by atoms with Gasteiger partial charge in [-0.15, -0.1) is 0 Å². The van der Waals surface area contributed by atoms with Crippen molar-refractivity contribution in [3.63, 3.8) is 0 Å². The Labute approximate surface area is 152 Å². The standard InChI is InChI=1S/C22H33NO2/c1-16(2)20-12-10-17(3)14-21(20)25-22(24)13-11-18(4)23-15-19-8-6-5-7-9-19/h5-9,11,13,16-18,20-21,23H,10,12,14-15H2,1-4H3/b13-11+/t17-,18+,20+,21-/m1/s1. The molecule has 1 fully saturated rings. The molecule has 0 bridgehead atoms. The maximum atomic E-state index is 12.2. The fourth-order valence-corrected chi connectivity index (χ4v) is 3.60. The minimum absolute atomic E-state index is 0.0634. The van der Waals surface area contributed by atoms with E-state index in [9.17, 15) is 4.79 Å². The summed E-state index contributed by atoms with van der Waals surface area (Å²) in [6.45, 7) is 9.55. The average molecular weight is 344 g/mol. The summed E-state index contributed by atoms with van der Waals surface area (Å²) in [5.74, 6) is 1.48. The highest BCUT2D eigenvalue weighted by atomic mass is 16.5. The van der Waals surface area contributed by atoms with E-state index in [1.165, 1.54) is 12.0 Å². The lowest BCUT2D eigenvalue weighted by Crippen LogP contribution is -2.35. The Morgan fingerprint density at radius 3 is 2.64 bits per heavy atom. The molecule has 0 amide bonds. The first-order valence-electron chi connectivity index (χ1n) is 9.61. The minimum Gasteiger partial charge on any atom is -0.459 e. The highest BCUT2D eigenvalue weighted by molar-refractivity contribution is 5.82. The van der Waals surface area contributed by atoms with E-state index in [1.807, 2.05) is 31.2 Å².